The summed E-state index contributed by atoms with van der Waals surface area (Å²) < 4.78 is 15.1. The maximum Gasteiger partial charge on any atom is 0.255 e. The molecule has 1 aliphatic heterocycles. The molecule has 1 aromatic carbocycles. The molecule has 1 amide bonds. The molecule has 0 radical (unpaired) electrons. The Kier molecular flexibility index (Phi) is 7.74. The first-order chi connectivity index (χ1) is 15.8. The number of likely N-dealkylation sites (tertiary alicyclic amines) is 1. The van der Waals surface area contributed by atoms with Crippen LogP contribution in [0.2, 0.25) is 0 Å². The van der Waals surface area contributed by atoms with Crippen LogP contribution >= 0.6 is 0 Å². The molecule has 3 heterocycles. The van der Waals surface area contributed by atoms with E-state index >= 15 is 0 Å². The third-order valence-electron chi connectivity index (χ3n) is 5.96. The number of piperidine rings is 1. The van der Waals surface area contributed by atoms with Gasteiger partial charge in [-0.3, -0.25) is 4.79 Å². The maximum atomic E-state index is 13.3. The fourth-order valence-corrected chi connectivity index (χ4v) is 4.28. The number of carbonyl (C=O) groups excluding carboxylic acids is 1. The lowest BCUT2D eigenvalue weighted by atomic mass is 9.95. The third-order valence-corrected chi connectivity index (χ3v) is 5.96. The molecule has 0 bridgehead atoms. The largest absolute Gasteiger partial charge is 0.379 e. The normalized spacial score (nSPS) is 14.7. The number of rotatable bonds is 10. The zero-order valence-corrected chi connectivity index (χ0v) is 18.7. The third kappa shape index (κ3) is 5.29. The molecule has 4 rings (SSSR count). The number of carbonyl (C=O) groups is 1. The van der Waals surface area contributed by atoms with Gasteiger partial charge in [0.15, 0.2) is 0 Å². The first kappa shape index (κ1) is 22.3. The summed E-state index contributed by atoms with van der Waals surface area (Å²) in [5.41, 5.74) is 1.66. The van der Waals surface area contributed by atoms with Crippen LogP contribution in [-0.4, -0.2) is 64.4 Å². The van der Waals surface area contributed by atoms with Crippen LogP contribution in [-0.2, 0) is 16.0 Å². The Morgan fingerprint density at radius 2 is 1.75 bits per heavy atom. The molecule has 7 heteroatoms. The van der Waals surface area contributed by atoms with Gasteiger partial charge < -0.3 is 23.5 Å². The minimum absolute atomic E-state index is 0.0961. The lowest BCUT2D eigenvalue weighted by molar-refractivity contribution is 0.0492. The Balaban J connectivity index is 1.33. The number of hydrogen-bond acceptors (Lipinski definition) is 4. The van der Waals surface area contributed by atoms with Crippen molar-refractivity contribution >= 4 is 5.91 Å². The summed E-state index contributed by atoms with van der Waals surface area (Å²) in [5, 5.41) is 0. The van der Waals surface area contributed by atoms with Gasteiger partial charge in [-0.25, -0.2) is 4.98 Å². The minimum Gasteiger partial charge on any atom is -0.379 e. The van der Waals surface area contributed by atoms with E-state index in [1.807, 2.05) is 77.6 Å². The highest BCUT2D eigenvalue weighted by Crippen LogP contribution is 2.28. The average molecular weight is 437 g/mol. The summed E-state index contributed by atoms with van der Waals surface area (Å²) in [6.45, 7) is 6.85. The highest BCUT2D eigenvalue weighted by Gasteiger charge is 2.28. The second kappa shape index (κ2) is 11.1. The summed E-state index contributed by atoms with van der Waals surface area (Å²) in [5.74, 6) is 1.55. The molecule has 2 aromatic heterocycles. The maximum absolute atomic E-state index is 13.3. The van der Waals surface area contributed by atoms with E-state index in [4.69, 9.17) is 9.47 Å². The second-order valence-electron chi connectivity index (χ2n) is 7.96. The van der Waals surface area contributed by atoms with Crippen LogP contribution in [0.4, 0.5) is 0 Å². The Bertz CT molecular complexity index is 975. The van der Waals surface area contributed by atoms with Gasteiger partial charge in [-0.05, 0) is 44.0 Å². The molecule has 0 atom stereocenters. The number of amides is 1. The van der Waals surface area contributed by atoms with Gasteiger partial charge in [0, 0.05) is 56.9 Å². The molecule has 3 aromatic rings. The Morgan fingerprint density at radius 1 is 1.00 bits per heavy atom. The molecule has 1 fully saturated rings. The molecule has 1 aliphatic rings. The van der Waals surface area contributed by atoms with Crippen LogP contribution in [0.3, 0.4) is 0 Å². The van der Waals surface area contributed by atoms with Crippen LogP contribution in [0.25, 0.3) is 5.69 Å². The zero-order valence-electron chi connectivity index (χ0n) is 18.7. The van der Waals surface area contributed by atoms with E-state index in [0.717, 1.165) is 49.6 Å². The summed E-state index contributed by atoms with van der Waals surface area (Å²) >= 11 is 0. The van der Waals surface area contributed by atoms with E-state index < -0.39 is 0 Å². The molecule has 0 aliphatic carbocycles. The predicted molar refractivity (Wildman–Crippen MR) is 123 cm³/mol. The second-order valence-corrected chi connectivity index (χ2v) is 7.96. The first-order valence-corrected chi connectivity index (χ1v) is 11.5. The van der Waals surface area contributed by atoms with E-state index in [-0.39, 0.29) is 5.91 Å². The van der Waals surface area contributed by atoms with E-state index in [9.17, 15) is 4.79 Å². The quantitative estimate of drug-likeness (QED) is 0.454. The molecule has 170 valence electrons. The van der Waals surface area contributed by atoms with Crippen molar-refractivity contribution in [3.8, 4) is 5.69 Å². The summed E-state index contributed by atoms with van der Waals surface area (Å²) in [4.78, 5) is 19.9. The van der Waals surface area contributed by atoms with Crippen molar-refractivity contribution in [2.45, 2.75) is 32.2 Å². The van der Waals surface area contributed by atoms with Crippen molar-refractivity contribution in [1.82, 2.24) is 19.0 Å². The number of nitrogens with zero attached hydrogens (tertiary/aromatic N) is 4. The van der Waals surface area contributed by atoms with Crippen molar-refractivity contribution in [3.63, 3.8) is 0 Å². The lowest BCUT2D eigenvalue weighted by Gasteiger charge is -2.32. The van der Waals surface area contributed by atoms with Gasteiger partial charge >= 0.3 is 0 Å². The molecule has 0 unspecified atom stereocenters. The number of para-hydroxylation sites is 1. The Morgan fingerprint density at radius 3 is 2.53 bits per heavy atom. The highest BCUT2D eigenvalue weighted by molar-refractivity contribution is 5.97. The molecular formula is C25H32N4O3. The van der Waals surface area contributed by atoms with Crippen molar-refractivity contribution in [3.05, 3.63) is 72.6 Å². The topological polar surface area (TPSA) is 61.5 Å². The van der Waals surface area contributed by atoms with Crippen molar-refractivity contribution in [2.75, 3.05) is 39.5 Å². The van der Waals surface area contributed by atoms with Crippen molar-refractivity contribution in [2.24, 2.45) is 0 Å². The Labute approximate surface area is 189 Å². The van der Waals surface area contributed by atoms with E-state index in [1.54, 1.807) is 0 Å². The predicted octanol–water partition coefficient (Wildman–Crippen LogP) is 3.75. The van der Waals surface area contributed by atoms with Crippen LogP contribution in [0, 0.1) is 0 Å². The van der Waals surface area contributed by atoms with Crippen molar-refractivity contribution < 1.29 is 14.3 Å². The van der Waals surface area contributed by atoms with Gasteiger partial charge in [0.05, 0.1) is 31.1 Å². The molecule has 32 heavy (non-hydrogen) atoms. The number of hydrogen-bond donors (Lipinski definition) is 0. The van der Waals surface area contributed by atoms with Gasteiger partial charge in [0.25, 0.3) is 5.91 Å². The van der Waals surface area contributed by atoms with Crippen molar-refractivity contribution in [1.29, 1.82) is 0 Å². The molecular weight excluding hydrogens is 404 g/mol. The average Bonchev–Trinajstić information content (AvgIpc) is 3.53. The molecule has 7 nitrogen and oxygen atoms in total. The van der Waals surface area contributed by atoms with E-state index in [2.05, 4.69) is 9.55 Å². The SMILES string of the molecule is CCOCCOCCn1ccnc1C1CCN(C(=O)c2ccccc2-n2cccc2)CC1. The summed E-state index contributed by atoms with van der Waals surface area (Å²) in [7, 11) is 0. The number of imidazole rings is 1. The number of ether oxygens (including phenoxy) is 2. The molecule has 0 spiro atoms. The summed E-state index contributed by atoms with van der Waals surface area (Å²) in [6.07, 6.45) is 9.66. The van der Waals surface area contributed by atoms with Crippen LogP contribution in [0.1, 0.15) is 41.9 Å². The smallest absolute Gasteiger partial charge is 0.255 e. The Hall–Kier alpha value is -2.90. The van der Waals surface area contributed by atoms with Gasteiger partial charge in [0.1, 0.15) is 5.82 Å². The van der Waals surface area contributed by atoms with Gasteiger partial charge in [0.2, 0.25) is 0 Å². The lowest BCUT2D eigenvalue weighted by Crippen LogP contribution is -2.38. The highest BCUT2D eigenvalue weighted by atomic mass is 16.5. The zero-order chi connectivity index (χ0) is 22.2. The molecule has 1 saturated heterocycles. The fourth-order valence-electron chi connectivity index (χ4n) is 4.28. The van der Waals surface area contributed by atoms with Crippen LogP contribution in [0.15, 0.2) is 61.2 Å². The van der Waals surface area contributed by atoms with E-state index in [1.165, 1.54) is 0 Å². The number of benzene rings is 1. The minimum atomic E-state index is 0.0961. The van der Waals surface area contributed by atoms with Gasteiger partial charge in [-0.15, -0.1) is 0 Å². The van der Waals surface area contributed by atoms with Crippen LogP contribution in [0.5, 0.6) is 0 Å². The fraction of sp³-hybridized carbons (Fsp3) is 0.440. The van der Waals surface area contributed by atoms with Gasteiger partial charge in [-0.2, -0.15) is 0 Å². The van der Waals surface area contributed by atoms with E-state index in [0.29, 0.717) is 32.3 Å². The summed E-state index contributed by atoms with van der Waals surface area (Å²) in [6, 6.07) is 11.8. The number of aromatic nitrogens is 3. The van der Waals surface area contributed by atoms with Gasteiger partial charge in [-0.1, -0.05) is 12.1 Å². The standard InChI is InChI=1S/C25H32N4O3/c1-2-31-19-20-32-18-17-28-16-11-26-24(28)21-9-14-29(15-10-21)25(30)22-7-3-4-8-23(22)27-12-5-6-13-27/h3-8,11-13,16,21H,2,9-10,14-15,17-20H2,1H3. The van der Waals surface area contributed by atoms with Crippen LogP contribution < -0.4 is 0 Å². The first-order valence-electron chi connectivity index (χ1n) is 11.5. The molecule has 0 saturated carbocycles. The monoisotopic (exact) mass is 436 g/mol. The molecule has 0 N–H and O–H groups in total.